The Morgan fingerprint density at radius 3 is 2.82 bits per heavy atom. The molecule has 5 nitrogen and oxygen atoms in total. The number of thiophene rings is 2. The molecule has 1 N–H and O–H groups in total. The highest BCUT2D eigenvalue weighted by Crippen LogP contribution is 2.28. The van der Waals surface area contributed by atoms with Crippen LogP contribution in [0.1, 0.15) is 27.7 Å². The summed E-state index contributed by atoms with van der Waals surface area (Å²) < 4.78 is 1.55. The summed E-state index contributed by atoms with van der Waals surface area (Å²) in [5.74, 6) is -0.190. The Morgan fingerprint density at radius 1 is 1.41 bits per heavy atom. The van der Waals surface area contributed by atoms with E-state index in [0.29, 0.717) is 27.2 Å². The van der Waals surface area contributed by atoms with Crippen LogP contribution in [0.15, 0.2) is 22.6 Å². The molecule has 114 valence electrons. The zero-order valence-electron chi connectivity index (χ0n) is 12.5. The van der Waals surface area contributed by atoms with Gasteiger partial charge in [0.25, 0.3) is 11.5 Å². The van der Waals surface area contributed by atoms with Crippen molar-refractivity contribution in [3.63, 3.8) is 0 Å². The highest BCUT2D eigenvalue weighted by atomic mass is 32.1. The Balaban J connectivity index is 2.04. The van der Waals surface area contributed by atoms with Gasteiger partial charge in [-0.25, -0.2) is 4.98 Å². The van der Waals surface area contributed by atoms with Crippen LogP contribution < -0.4 is 10.9 Å². The van der Waals surface area contributed by atoms with Gasteiger partial charge >= 0.3 is 0 Å². The number of nitrogens with one attached hydrogen (secondary N) is 1. The first-order valence-corrected chi connectivity index (χ1v) is 8.56. The van der Waals surface area contributed by atoms with Gasteiger partial charge < -0.3 is 5.32 Å². The van der Waals surface area contributed by atoms with Crippen LogP contribution in [0.25, 0.3) is 10.2 Å². The van der Waals surface area contributed by atoms with Gasteiger partial charge in [-0.2, -0.15) is 0 Å². The van der Waals surface area contributed by atoms with Crippen molar-refractivity contribution in [3.05, 3.63) is 44.1 Å². The lowest BCUT2D eigenvalue weighted by atomic mass is 10.2. The minimum atomic E-state index is -0.190. The zero-order valence-corrected chi connectivity index (χ0v) is 14.1. The van der Waals surface area contributed by atoms with Gasteiger partial charge in [0, 0.05) is 6.54 Å². The molecule has 3 heterocycles. The van der Waals surface area contributed by atoms with E-state index < -0.39 is 0 Å². The topological polar surface area (TPSA) is 64.0 Å². The van der Waals surface area contributed by atoms with Crippen LogP contribution >= 0.6 is 22.7 Å². The van der Waals surface area contributed by atoms with Crippen molar-refractivity contribution in [2.75, 3.05) is 5.32 Å². The maximum absolute atomic E-state index is 12.4. The van der Waals surface area contributed by atoms with E-state index in [1.807, 2.05) is 25.3 Å². The lowest BCUT2D eigenvalue weighted by molar-refractivity contribution is 0.103. The highest BCUT2D eigenvalue weighted by Gasteiger charge is 2.19. The number of nitrogens with zero attached hydrogens (tertiary/aromatic N) is 2. The lowest BCUT2D eigenvalue weighted by Gasteiger charge is -2.01. The predicted octanol–water partition coefficient (Wildman–Crippen LogP) is 3.41. The van der Waals surface area contributed by atoms with E-state index in [1.54, 1.807) is 11.5 Å². The Hall–Kier alpha value is -1.99. The summed E-state index contributed by atoms with van der Waals surface area (Å²) in [6.45, 7) is 6.24. The van der Waals surface area contributed by atoms with Crippen LogP contribution in [-0.4, -0.2) is 15.5 Å². The molecule has 0 fully saturated rings. The summed E-state index contributed by atoms with van der Waals surface area (Å²) in [4.78, 5) is 30.3. The summed E-state index contributed by atoms with van der Waals surface area (Å²) in [7, 11) is 0. The van der Waals surface area contributed by atoms with Gasteiger partial charge in [-0.05, 0) is 43.3 Å². The summed E-state index contributed by atoms with van der Waals surface area (Å²) in [6.07, 6.45) is 1.53. The predicted molar refractivity (Wildman–Crippen MR) is 91.3 cm³/mol. The molecule has 7 heteroatoms. The van der Waals surface area contributed by atoms with E-state index >= 15 is 0 Å². The Kier molecular flexibility index (Phi) is 3.84. The standard InChI is InChI=1S/C15H15N3O2S2/c1-4-18-7-16-14-11(15(18)20)9(3)12(22-14)13(19)17-10-5-8(2)6-21-10/h5-7H,4H2,1-3H3,(H,17,19). The summed E-state index contributed by atoms with van der Waals surface area (Å²) in [6, 6.07) is 1.92. The molecule has 0 spiro atoms. The van der Waals surface area contributed by atoms with E-state index in [2.05, 4.69) is 10.3 Å². The molecular weight excluding hydrogens is 318 g/mol. The minimum absolute atomic E-state index is 0.0905. The largest absolute Gasteiger partial charge is 0.313 e. The third-order valence-electron chi connectivity index (χ3n) is 3.43. The van der Waals surface area contributed by atoms with Crippen LogP contribution in [0.4, 0.5) is 5.00 Å². The molecule has 1 amide bonds. The number of aromatic nitrogens is 2. The molecule has 22 heavy (non-hydrogen) atoms. The van der Waals surface area contributed by atoms with Crippen LogP contribution in [-0.2, 0) is 6.54 Å². The summed E-state index contributed by atoms with van der Waals surface area (Å²) >= 11 is 2.75. The van der Waals surface area contributed by atoms with Crippen LogP contribution in [0.3, 0.4) is 0 Å². The van der Waals surface area contributed by atoms with E-state index in [4.69, 9.17) is 0 Å². The summed E-state index contributed by atoms with van der Waals surface area (Å²) in [5, 5.41) is 6.21. The number of rotatable bonds is 3. The number of carbonyl (C=O) groups is 1. The molecule has 0 bridgehead atoms. The average Bonchev–Trinajstić information content (AvgIpc) is 3.03. The molecule has 3 rings (SSSR count). The number of carbonyl (C=O) groups excluding carboxylic acids is 1. The zero-order chi connectivity index (χ0) is 15.9. The second kappa shape index (κ2) is 5.66. The fraction of sp³-hybridized carbons (Fsp3) is 0.267. The van der Waals surface area contributed by atoms with Gasteiger partial charge in [0.05, 0.1) is 21.6 Å². The second-order valence-corrected chi connectivity index (χ2v) is 6.92. The number of amides is 1. The number of hydrogen-bond donors (Lipinski definition) is 1. The maximum Gasteiger partial charge on any atom is 0.266 e. The van der Waals surface area contributed by atoms with Crippen molar-refractivity contribution in [3.8, 4) is 0 Å². The van der Waals surface area contributed by atoms with Gasteiger partial charge in [-0.15, -0.1) is 22.7 Å². The SMILES string of the molecule is CCn1cnc2sc(C(=O)Nc3cc(C)cs3)c(C)c2c1=O. The molecule has 0 atom stereocenters. The van der Waals surface area contributed by atoms with Crippen molar-refractivity contribution in [1.29, 1.82) is 0 Å². The Morgan fingerprint density at radius 2 is 2.18 bits per heavy atom. The van der Waals surface area contributed by atoms with Crippen molar-refractivity contribution in [2.24, 2.45) is 0 Å². The van der Waals surface area contributed by atoms with E-state index in [1.165, 1.54) is 29.0 Å². The minimum Gasteiger partial charge on any atom is -0.313 e. The number of anilines is 1. The first-order chi connectivity index (χ1) is 10.5. The fourth-order valence-corrected chi connectivity index (χ4v) is 4.09. The number of aryl methyl sites for hydroxylation is 3. The van der Waals surface area contributed by atoms with Crippen molar-refractivity contribution in [1.82, 2.24) is 9.55 Å². The molecule has 0 aliphatic carbocycles. The highest BCUT2D eigenvalue weighted by molar-refractivity contribution is 7.21. The molecule has 0 aromatic carbocycles. The van der Waals surface area contributed by atoms with Crippen molar-refractivity contribution in [2.45, 2.75) is 27.3 Å². The average molecular weight is 333 g/mol. The Labute approximate surface area is 135 Å². The first-order valence-electron chi connectivity index (χ1n) is 6.86. The quantitative estimate of drug-likeness (QED) is 0.799. The second-order valence-electron chi connectivity index (χ2n) is 5.01. The third-order valence-corrected chi connectivity index (χ3v) is 5.59. The van der Waals surface area contributed by atoms with Crippen molar-refractivity contribution < 1.29 is 4.79 Å². The van der Waals surface area contributed by atoms with Gasteiger partial charge in [-0.3, -0.25) is 14.2 Å². The third kappa shape index (κ3) is 2.46. The van der Waals surface area contributed by atoms with E-state index in [9.17, 15) is 9.59 Å². The first kappa shape index (κ1) is 14.9. The fourth-order valence-electron chi connectivity index (χ4n) is 2.27. The van der Waals surface area contributed by atoms with Gasteiger partial charge in [0.2, 0.25) is 0 Å². The lowest BCUT2D eigenvalue weighted by Crippen LogP contribution is -2.19. The smallest absolute Gasteiger partial charge is 0.266 e. The van der Waals surface area contributed by atoms with E-state index in [-0.39, 0.29) is 11.5 Å². The maximum atomic E-state index is 12.4. The van der Waals surface area contributed by atoms with Gasteiger partial charge in [0.15, 0.2) is 0 Å². The van der Waals surface area contributed by atoms with Crippen LogP contribution in [0, 0.1) is 13.8 Å². The molecule has 3 aromatic rings. The van der Waals surface area contributed by atoms with Crippen molar-refractivity contribution >= 4 is 43.8 Å². The molecule has 0 aliphatic rings. The molecule has 0 unspecified atom stereocenters. The molecule has 0 saturated heterocycles. The molecule has 3 aromatic heterocycles. The monoisotopic (exact) mass is 333 g/mol. The molecule has 0 aliphatic heterocycles. The molecule has 0 saturated carbocycles. The normalized spacial score (nSPS) is 11.0. The molecule has 0 radical (unpaired) electrons. The van der Waals surface area contributed by atoms with Gasteiger partial charge in [0.1, 0.15) is 4.83 Å². The van der Waals surface area contributed by atoms with Gasteiger partial charge in [-0.1, -0.05) is 0 Å². The number of fused-ring (bicyclic) bond motifs is 1. The Bertz CT molecular complexity index is 921. The van der Waals surface area contributed by atoms with Crippen LogP contribution in [0.5, 0.6) is 0 Å². The summed E-state index contributed by atoms with van der Waals surface area (Å²) in [5.41, 5.74) is 1.72. The molecular formula is C15H15N3O2S2. The number of hydrogen-bond acceptors (Lipinski definition) is 5. The van der Waals surface area contributed by atoms with Crippen LogP contribution in [0.2, 0.25) is 0 Å². The van der Waals surface area contributed by atoms with E-state index in [0.717, 1.165) is 10.6 Å².